The zero-order chi connectivity index (χ0) is 19.1. The molecule has 0 saturated heterocycles. The number of nitrogen functional groups attached to an aromatic ring is 1. The molecule has 2 aromatic rings. The van der Waals surface area contributed by atoms with Gasteiger partial charge in [0.25, 0.3) is 0 Å². The molecule has 2 heterocycles. The number of hydrogen-bond donors (Lipinski definition) is 2. The van der Waals surface area contributed by atoms with Gasteiger partial charge in [0.1, 0.15) is 10.6 Å². The summed E-state index contributed by atoms with van der Waals surface area (Å²) >= 11 is 0. The summed E-state index contributed by atoms with van der Waals surface area (Å²) in [5.41, 5.74) is 8.57. The van der Waals surface area contributed by atoms with Gasteiger partial charge < -0.3 is 15.2 Å². The van der Waals surface area contributed by atoms with Gasteiger partial charge >= 0.3 is 0 Å². The molecule has 1 unspecified atom stereocenters. The lowest BCUT2D eigenvalue weighted by Crippen LogP contribution is -2.48. The third-order valence-electron chi connectivity index (χ3n) is 4.49. The Bertz CT molecular complexity index is 932. The van der Waals surface area contributed by atoms with Crippen molar-refractivity contribution < 1.29 is 17.7 Å². The van der Waals surface area contributed by atoms with Crippen LogP contribution in [0.1, 0.15) is 30.4 Å². The highest BCUT2D eigenvalue weighted by molar-refractivity contribution is 7.89. The summed E-state index contributed by atoms with van der Waals surface area (Å²) < 4.78 is 32.6. The molecule has 1 aromatic carbocycles. The summed E-state index contributed by atoms with van der Waals surface area (Å²) in [6.07, 6.45) is 1.57. The summed E-state index contributed by atoms with van der Waals surface area (Å²) in [4.78, 5) is 14.5. The second-order valence-corrected chi connectivity index (χ2v) is 8.09. The lowest BCUT2D eigenvalue weighted by molar-refractivity contribution is -0.119. The molecule has 3 N–H and O–H groups in total. The molecule has 1 aliphatic heterocycles. The van der Waals surface area contributed by atoms with Crippen LogP contribution in [0.15, 0.2) is 27.6 Å². The molecule has 0 aliphatic carbocycles. The van der Waals surface area contributed by atoms with Gasteiger partial charge in [0.15, 0.2) is 5.76 Å². The number of amides is 1. The Morgan fingerprint density at radius 2 is 2.12 bits per heavy atom. The maximum Gasteiger partial charge on any atom is 0.246 e. The van der Waals surface area contributed by atoms with Crippen LogP contribution in [0, 0.1) is 13.8 Å². The Labute approximate surface area is 152 Å². The van der Waals surface area contributed by atoms with Crippen LogP contribution in [0.25, 0.3) is 0 Å². The van der Waals surface area contributed by atoms with Gasteiger partial charge in [0.2, 0.25) is 15.9 Å². The third-order valence-corrected chi connectivity index (χ3v) is 6.28. The summed E-state index contributed by atoms with van der Waals surface area (Å²) in [6, 6.07) is 4.48. The monoisotopic (exact) mass is 378 g/mol. The predicted molar refractivity (Wildman–Crippen MR) is 97.3 cm³/mol. The maximum atomic E-state index is 12.9. The second-order valence-electron chi connectivity index (χ2n) is 6.43. The minimum atomic E-state index is -3.93. The highest BCUT2D eigenvalue weighted by atomic mass is 32.2. The van der Waals surface area contributed by atoms with E-state index in [1.165, 1.54) is 13.8 Å². The van der Waals surface area contributed by atoms with Crippen molar-refractivity contribution in [3.8, 4) is 0 Å². The minimum absolute atomic E-state index is 0.0274. The van der Waals surface area contributed by atoms with E-state index in [0.29, 0.717) is 12.2 Å². The number of nitrogens with zero attached hydrogens (tertiary/aromatic N) is 2. The number of fused-ring (bicyclic) bond motifs is 1. The Hall–Kier alpha value is -2.39. The average molecular weight is 378 g/mol. The summed E-state index contributed by atoms with van der Waals surface area (Å²) in [6.45, 7) is 5.11. The fraction of sp³-hybridized carbons (Fsp3) is 0.412. The lowest BCUT2D eigenvalue weighted by atomic mass is 9.99. The van der Waals surface area contributed by atoms with Crippen LogP contribution in [-0.4, -0.2) is 32.1 Å². The van der Waals surface area contributed by atoms with Gasteiger partial charge in [-0.3, -0.25) is 4.79 Å². The summed E-state index contributed by atoms with van der Waals surface area (Å²) in [5, 5.41) is 3.66. The fourth-order valence-electron chi connectivity index (χ4n) is 3.31. The number of nitrogens with one attached hydrogen (secondary N) is 1. The van der Waals surface area contributed by atoms with E-state index in [-0.39, 0.29) is 22.3 Å². The van der Waals surface area contributed by atoms with Crippen molar-refractivity contribution in [1.29, 1.82) is 0 Å². The van der Waals surface area contributed by atoms with E-state index in [2.05, 4.69) is 9.88 Å². The van der Waals surface area contributed by atoms with Crippen LogP contribution in [-0.2, 0) is 21.2 Å². The Morgan fingerprint density at radius 3 is 2.77 bits per heavy atom. The van der Waals surface area contributed by atoms with E-state index < -0.39 is 16.1 Å². The first-order valence-corrected chi connectivity index (χ1v) is 9.84. The van der Waals surface area contributed by atoms with Crippen LogP contribution >= 0.6 is 0 Å². The summed E-state index contributed by atoms with van der Waals surface area (Å²) in [7, 11) is -3.93. The number of aromatic nitrogens is 1. The molecule has 8 nitrogen and oxygen atoms in total. The largest absolute Gasteiger partial charge is 0.398 e. The molecule has 1 amide bonds. The number of nitrogens with two attached hydrogens (primary N) is 1. The first kappa shape index (κ1) is 18.4. The zero-order valence-corrected chi connectivity index (χ0v) is 15.8. The van der Waals surface area contributed by atoms with Crippen molar-refractivity contribution in [3.05, 3.63) is 35.2 Å². The van der Waals surface area contributed by atoms with Crippen LogP contribution in [0.3, 0.4) is 0 Å². The first-order valence-electron chi connectivity index (χ1n) is 8.36. The van der Waals surface area contributed by atoms with E-state index in [4.69, 9.17) is 10.3 Å². The van der Waals surface area contributed by atoms with Crippen molar-refractivity contribution in [2.45, 2.75) is 44.6 Å². The molecule has 3 rings (SSSR count). The number of sulfonamides is 1. The lowest BCUT2D eigenvalue weighted by Gasteiger charge is -2.32. The normalized spacial score (nSPS) is 15.6. The molecule has 0 fully saturated rings. The first-order chi connectivity index (χ1) is 12.2. The highest BCUT2D eigenvalue weighted by Gasteiger charge is 2.32. The molecule has 0 spiro atoms. The van der Waals surface area contributed by atoms with Crippen molar-refractivity contribution in [2.24, 2.45) is 0 Å². The van der Waals surface area contributed by atoms with Gasteiger partial charge in [-0.25, -0.2) is 8.42 Å². The highest BCUT2D eigenvalue weighted by Crippen LogP contribution is 2.31. The van der Waals surface area contributed by atoms with Crippen LogP contribution < -0.4 is 15.4 Å². The molecular weight excluding hydrogens is 356 g/mol. The number of rotatable bonds is 4. The molecular formula is C17H22N4O4S. The number of carbonyl (C=O) groups is 1. The van der Waals surface area contributed by atoms with Crippen LogP contribution in [0.5, 0.6) is 0 Å². The maximum absolute atomic E-state index is 12.9. The van der Waals surface area contributed by atoms with Crippen molar-refractivity contribution in [2.75, 3.05) is 17.2 Å². The van der Waals surface area contributed by atoms with Gasteiger partial charge in [-0.05, 0) is 51.3 Å². The molecule has 0 saturated carbocycles. The Kier molecular flexibility index (Phi) is 4.76. The van der Waals surface area contributed by atoms with Gasteiger partial charge in [0.05, 0.1) is 6.04 Å². The van der Waals surface area contributed by atoms with Gasteiger partial charge in [-0.1, -0.05) is 11.2 Å². The minimum Gasteiger partial charge on any atom is -0.398 e. The molecule has 1 atom stereocenters. The zero-order valence-electron chi connectivity index (χ0n) is 14.9. The number of hydrogen-bond acceptors (Lipinski definition) is 6. The summed E-state index contributed by atoms with van der Waals surface area (Å²) in [5.74, 6) is -0.141. The SMILES string of the molecule is Cc1noc(C)c1S(=O)(=O)NC(C)C(=O)N1CCCc2c(N)cccc21. The Morgan fingerprint density at radius 1 is 1.38 bits per heavy atom. The van der Waals surface area contributed by atoms with Crippen LogP contribution in [0.2, 0.25) is 0 Å². The van der Waals surface area contributed by atoms with E-state index in [1.807, 2.05) is 6.07 Å². The molecule has 140 valence electrons. The van der Waals surface area contributed by atoms with E-state index in [0.717, 1.165) is 24.1 Å². The number of carbonyl (C=O) groups excluding carboxylic acids is 1. The molecule has 26 heavy (non-hydrogen) atoms. The molecule has 0 radical (unpaired) electrons. The smallest absolute Gasteiger partial charge is 0.246 e. The Balaban J connectivity index is 1.85. The second kappa shape index (κ2) is 6.73. The molecule has 1 aliphatic rings. The number of anilines is 2. The van der Waals surface area contributed by atoms with Crippen molar-refractivity contribution >= 4 is 27.3 Å². The topological polar surface area (TPSA) is 119 Å². The molecule has 0 bridgehead atoms. The van der Waals surface area contributed by atoms with Crippen molar-refractivity contribution in [1.82, 2.24) is 9.88 Å². The molecule has 1 aromatic heterocycles. The number of aryl methyl sites for hydroxylation is 2. The fourth-order valence-corrected chi connectivity index (χ4v) is 4.84. The standard InChI is InChI=1S/C17H22N4O4S/c1-10-16(12(3)25-19-10)26(23,24)20-11(2)17(22)21-9-5-6-13-14(18)7-4-8-15(13)21/h4,7-8,11,20H,5-6,9,18H2,1-3H3. The molecule has 9 heteroatoms. The number of benzene rings is 1. The van der Waals surface area contributed by atoms with Gasteiger partial charge in [-0.15, -0.1) is 0 Å². The quantitative estimate of drug-likeness (QED) is 0.779. The predicted octanol–water partition coefficient (Wildman–Crippen LogP) is 1.52. The van der Waals surface area contributed by atoms with E-state index in [1.54, 1.807) is 24.0 Å². The average Bonchev–Trinajstić information content (AvgIpc) is 2.93. The van der Waals surface area contributed by atoms with E-state index in [9.17, 15) is 13.2 Å². The van der Waals surface area contributed by atoms with Crippen molar-refractivity contribution in [3.63, 3.8) is 0 Å². The van der Waals surface area contributed by atoms with Gasteiger partial charge in [-0.2, -0.15) is 4.72 Å². The van der Waals surface area contributed by atoms with E-state index >= 15 is 0 Å². The third kappa shape index (κ3) is 3.19. The van der Waals surface area contributed by atoms with Crippen LogP contribution in [0.4, 0.5) is 11.4 Å². The van der Waals surface area contributed by atoms with Gasteiger partial charge in [0, 0.05) is 17.9 Å².